The van der Waals surface area contributed by atoms with Gasteiger partial charge in [-0.3, -0.25) is 0 Å². The Labute approximate surface area is 135 Å². The first-order valence-electron chi connectivity index (χ1n) is 7.59. The standard InChI is InChI=1S/C16H22N4O3/c1-10-7-12(11-5-6-13(22-3)14(8-11)23-4)20-16(17-10)18-15(19-20)9-21-2/h5-6,8,10,12H,7,9H2,1-4H3,(H,17,18,19)/t10-,12+/m0/s1. The first kappa shape index (κ1) is 15.6. The molecule has 0 saturated carbocycles. The Hall–Kier alpha value is -2.28. The van der Waals surface area contributed by atoms with E-state index in [9.17, 15) is 0 Å². The highest BCUT2D eigenvalue weighted by molar-refractivity contribution is 5.45. The Morgan fingerprint density at radius 2 is 2.00 bits per heavy atom. The van der Waals surface area contributed by atoms with Crippen molar-refractivity contribution in [2.24, 2.45) is 0 Å². The van der Waals surface area contributed by atoms with E-state index in [1.807, 2.05) is 22.9 Å². The number of benzene rings is 1. The number of hydrogen-bond acceptors (Lipinski definition) is 6. The van der Waals surface area contributed by atoms with Crippen LogP contribution in [0.4, 0.5) is 5.95 Å². The van der Waals surface area contributed by atoms with Gasteiger partial charge in [-0.1, -0.05) is 6.07 Å². The third-order valence-corrected chi connectivity index (χ3v) is 3.99. The van der Waals surface area contributed by atoms with Gasteiger partial charge in [0.15, 0.2) is 17.3 Å². The second-order valence-electron chi connectivity index (χ2n) is 5.64. The number of ether oxygens (including phenoxy) is 3. The van der Waals surface area contributed by atoms with Crippen LogP contribution in [0.15, 0.2) is 18.2 Å². The van der Waals surface area contributed by atoms with Crippen LogP contribution < -0.4 is 14.8 Å². The molecule has 7 heteroatoms. The topological polar surface area (TPSA) is 70.4 Å². The number of fused-ring (bicyclic) bond motifs is 1. The molecule has 1 aromatic carbocycles. The smallest absolute Gasteiger partial charge is 0.222 e. The number of anilines is 1. The van der Waals surface area contributed by atoms with Crippen LogP contribution >= 0.6 is 0 Å². The largest absolute Gasteiger partial charge is 0.493 e. The summed E-state index contributed by atoms with van der Waals surface area (Å²) in [5.41, 5.74) is 1.12. The second kappa shape index (κ2) is 6.45. The van der Waals surface area contributed by atoms with Crippen molar-refractivity contribution >= 4 is 5.95 Å². The van der Waals surface area contributed by atoms with Crippen molar-refractivity contribution in [3.8, 4) is 11.5 Å². The molecule has 0 saturated heterocycles. The molecule has 7 nitrogen and oxygen atoms in total. The van der Waals surface area contributed by atoms with Crippen LogP contribution in [0.5, 0.6) is 11.5 Å². The molecule has 124 valence electrons. The molecule has 3 rings (SSSR count). The van der Waals surface area contributed by atoms with Crippen LogP contribution in [-0.4, -0.2) is 42.1 Å². The van der Waals surface area contributed by atoms with Gasteiger partial charge >= 0.3 is 0 Å². The van der Waals surface area contributed by atoms with E-state index in [1.54, 1.807) is 21.3 Å². The SMILES string of the molecule is COCc1nc2n(n1)[C@@H](c1ccc(OC)c(OC)c1)C[C@H](C)N2. The molecule has 1 aromatic heterocycles. The summed E-state index contributed by atoms with van der Waals surface area (Å²) >= 11 is 0. The summed E-state index contributed by atoms with van der Waals surface area (Å²) in [4.78, 5) is 4.50. The summed E-state index contributed by atoms with van der Waals surface area (Å²) in [6.07, 6.45) is 0.915. The predicted molar refractivity (Wildman–Crippen MR) is 86.1 cm³/mol. The molecule has 0 unspecified atom stereocenters. The van der Waals surface area contributed by atoms with E-state index in [2.05, 4.69) is 22.3 Å². The molecule has 0 amide bonds. The van der Waals surface area contributed by atoms with Gasteiger partial charge in [0.05, 0.1) is 20.3 Å². The van der Waals surface area contributed by atoms with Crippen molar-refractivity contribution < 1.29 is 14.2 Å². The Bertz CT molecular complexity index is 686. The van der Waals surface area contributed by atoms with Gasteiger partial charge in [0, 0.05) is 13.2 Å². The fourth-order valence-electron chi connectivity index (χ4n) is 2.92. The van der Waals surface area contributed by atoms with Crippen molar-refractivity contribution in [1.29, 1.82) is 0 Å². The van der Waals surface area contributed by atoms with Gasteiger partial charge in [0.25, 0.3) is 0 Å². The van der Waals surface area contributed by atoms with Crippen molar-refractivity contribution in [2.45, 2.75) is 32.0 Å². The highest BCUT2D eigenvalue weighted by Gasteiger charge is 2.28. The van der Waals surface area contributed by atoms with E-state index in [-0.39, 0.29) is 6.04 Å². The van der Waals surface area contributed by atoms with Crippen LogP contribution in [0, 0.1) is 0 Å². The fourth-order valence-corrected chi connectivity index (χ4v) is 2.92. The highest BCUT2D eigenvalue weighted by atomic mass is 16.5. The lowest BCUT2D eigenvalue weighted by Gasteiger charge is -2.29. The summed E-state index contributed by atoms with van der Waals surface area (Å²) < 4.78 is 17.8. The van der Waals surface area contributed by atoms with Gasteiger partial charge < -0.3 is 19.5 Å². The van der Waals surface area contributed by atoms with E-state index in [4.69, 9.17) is 14.2 Å². The van der Waals surface area contributed by atoms with E-state index >= 15 is 0 Å². The normalized spacial score (nSPS) is 19.8. The van der Waals surface area contributed by atoms with E-state index in [1.165, 1.54) is 0 Å². The van der Waals surface area contributed by atoms with Gasteiger partial charge in [0.1, 0.15) is 6.61 Å². The summed E-state index contributed by atoms with van der Waals surface area (Å²) in [5.74, 6) is 2.89. The zero-order valence-corrected chi connectivity index (χ0v) is 13.9. The van der Waals surface area contributed by atoms with Crippen LogP contribution in [-0.2, 0) is 11.3 Å². The number of rotatable bonds is 5. The van der Waals surface area contributed by atoms with Gasteiger partial charge in [-0.05, 0) is 31.0 Å². The van der Waals surface area contributed by atoms with Crippen LogP contribution in [0.2, 0.25) is 0 Å². The molecule has 23 heavy (non-hydrogen) atoms. The minimum atomic E-state index is 0.0964. The molecule has 0 bridgehead atoms. The van der Waals surface area contributed by atoms with E-state index in [0.29, 0.717) is 18.5 Å². The van der Waals surface area contributed by atoms with Crippen molar-refractivity contribution in [1.82, 2.24) is 14.8 Å². The zero-order valence-electron chi connectivity index (χ0n) is 13.9. The minimum absolute atomic E-state index is 0.0964. The molecule has 1 aliphatic rings. The molecule has 0 fully saturated rings. The van der Waals surface area contributed by atoms with Gasteiger partial charge in [-0.25, -0.2) is 4.68 Å². The number of methoxy groups -OCH3 is 3. The molecule has 2 heterocycles. The van der Waals surface area contributed by atoms with Crippen LogP contribution in [0.25, 0.3) is 0 Å². The second-order valence-corrected chi connectivity index (χ2v) is 5.64. The molecule has 1 N–H and O–H groups in total. The maximum Gasteiger partial charge on any atom is 0.222 e. The molecule has 0 spiro atoms. The van der Waals surface area contributed by atoms with Crippen molar-refractivity contribution in [3.05, 3.63) is 29.6 Å². The molecule has 1 aliphatic heterocycles. The molecule has 0 aliphatic carbocycles. The summed E-state index contributed by atoms with van der Waals surface area (Å²) in [7, 11) is 4.92. The minimum Gasteiger partial charge on any atom is -0.493 e. The monoisotopic (exact) mass is 318 g/mol. The number of hydrogen-bond donors (Lipinski definition) is 1. The molecule has 0 radical (unpaired) electrons. The van der Waals surface area contributed by atoms with Gasteiger partial charge in [-0.2, -0.15) is 10.1 Å². The lowest BCUT2D eigenvalue weighted by atomic mass is 9.98. The number of nitrogens with one attached hydrogen (secondary N) is 1. The van der Waals surface area contributed by atoms with E-state index < -0.39 is 0 Å². The third-order valence-electron chi connectivity index (χ3n) is 3.99. The Balaban J connectivity index is 2.00. The average molecular weight is 318 g/mol. The summed E-state index contributed by atoms with van der Waals surface area (Å²) in [6.45, 7) is 2.54. The van der Waals surface area contributed by atoms with Gasteiger partial charge in [-0.15, -0.1) is 0 Å². The Morgan fingerprint density at radius 3 is 2.70 bits per heavy atom. The highest BCUT2D eigenvalue weighted by Crippen LogP contribution is 2.36. The summed E-state index contributed by atoms with van der Waals surface area (Å²) in [5, 5.41) is 7.94. The van der Waals surface area contributed by atoms with Crippen LogP contribution in [0.1, 0.15) is 30.8 Å². The van der Waals surface area contributed by atoms with Gasteiger partial charge in [0.2, 0.25) is 5.95 Å². The molecule has 2 atom stereocenters. The maximum absolute atomic E-state index is 5.42. The lowest BCUT2D eigenvalue weighted by Crippen LogP contribution is -2.31. The molecule has 2 aromatic rings. The average Bonchev–Trinajstić information content (AvgIpc) is 2.96. The first-order chi connectivity index (χ1) is 11.2. The Kier molecular flexibility index (Phi) is 4.38. The quantitative estimate of drug-likeness (QED) is 0.911. The molecular formula is C16H22N4O3. The zero-order chi connectivity index (χ0) is 16.4. The maximum atomic E-state index is 5.42. The number of aromatic nitrogens is 3. The van der Waals surface area contributed by atoms with Crippen LogP contribution in [0.3, 0.4) is 0 Å². The van der Waals surface area contributed by atoms with Crippen molar-refractivity contribution in [3.63, 3.8) is 0 Å². The lowest BCUT2D eigenvalue weighted by molar-refractivity contribution is 0.177. The fraction of sp³-hybridized carbons (Fsp3) is 0.500. The predicted octanol–water partition coefficient (Wildman–Crippen LogP) is 2.24. The number of nitrogens with zero attached hydrogens (tertiary/aromatic N) is 3. The third kappa shape index (κ3) is 2.96. The first-order valence-corrected chi connectivity index (χ1v) is 7.59. The molecular weight excluding hydrogens is 296 g/mol. The van der Waals surface area contributed by atoms with Crippen molar-refractivity contribution in [2.75, 3.05) is 26.6 Å². The summed E-state index contributed by atoms with van der Waals surface area (Å²) in [6, 6.07) is 6.38. The van der Waals surface area contributed by atoms with E-state index in [0.717, 1.165) is 29.4 Å². The Morgan fingerprint density at radius 1 is 1.22 bits per heavy atom.